The number of ether oxygens (including phenoxy) is 1. The summed E-state index contributed by atoms with van der Waals surface area (Å²) in [6.45, 7) is 4.12. The number of carbonyl (C=O) groups excluding carboxylic acids is 1. The number of aliphatic imine (C=N–C) groups is 1. The van der Waals surface area contributed by atoms with Gasteiger partial charge in [-0.05, 0) is 68.4 Å². The van der Waals surface area contributed by atoms with E-state index in [0.29, 0.717) is 15.9 Å². The summed E-state index contributed by atoms with van der Waals surface area (Å²) in [5.74, 6) is 1.14. The van der Waals surface area contributed by atoms with Gasteiger partial charge in [0.15, 0.2) is 11.0 Å². The lowest BCUT2D eigenvalue weighted by molar-refractivity contribution is -0.115. The molecule has 0 unspecified atom stereocenters. The summed E-state index contributed by atoms with van der Waals surface area (Å²) < 4.78 is 6.16. The van der Waals surface area contributed by atoms with Crippen LogP contribution in [0, 0.1) is 6.92 Å². The van der Waals surface area contributed by atoms with Crippen LogP contribution in [-0.2, 0) is 4.79 Å². The van der Waals surface area contributed by atoms with Gasteiger partial charge in [-0.15, -0.1) is 0 Å². The lowest BCUT2D eigenvalue weighted by atomic mass is 10.1. The van der Waals surface area contributed by atoms with Gasteiger partial charge in [0.05, 0.1) is 10.6 Å². The maximum Gasteiger partial charge on any atom is 0.264 e. The Hall–Kier alpha value is -3.17. The number of amides is 1. The van der Waals surface area contributed by atoms with Crippen LogP contribution < -0.4 is 10.1 Å². The van der Waals surface area contributed by atoms with Crippen LogP contribution in [0.5, 0.6) is 5.75 Å². The number of benzene rings is 1. The van der Waals surface area contributed by atoms with E-state index in [1.54, 1.807) is 12.3 Å². The lowest BCUT2D eigenvalue weighted by Gasteiger charge is -2.29. The second-order valence-electron chi connectivity index (χ2n) is 8.06. The number of nitrogens with zero attached hydrogens (tertiary/aromatic N) is 4. The minimum Gasteiger partial charge on any atom is -0.490 e. The number of aryl methyl sites for hydroxylation is 1. The van der Waals surface area contributed by atoms with Gasteiger partial charge in [-0.1, -0.05) is 0 Å². The van der Waals surface area contributed by atoms with Gasteiger partial charge in [0.25, 0.3) is 5.91 Å². The molecule has 2 aromatic heterocycles. The Morgan fingerprint density at radius 2 is 2.12 bits per heavy atom. The van der Waals surface area contributed by atoms with Crippen molar-refractivity contribution in [3.63, 3.8) is 0 Å². The first-order valence-corrected chi connectivity index (χ1v) is 11.4. The van der Waals surface area contributed by atoms with Crippen LogP contribution in [0.25, 0.3) is 17.1 Å². The summed E-state index contributed by atoms with van der Waals surface area (Å²) in [6, 6.07) is 7.79. The van der Waals surface area contributed by atoms with E-state index in [0.717, 1.165) is 54.0 Å². The maximum atomic E-state index is 12.4. The van der Waals surface area contributed by atoms with E-state index in [4.69, 9.17) is 4.74 Å². The molecule has 2 fully saturated rings. The summed E-state index contributed by atoms with van der Waals surface area (Å²) >= 11 is 1.28. The van der Waals surface area contributed by atoms with Crippen LogP contribution in [0.4, 0.5) is 5.69 Å². The van der Waals surface area contributed by atoms with Crippen molar-refractivity contribution in [3.8, 4) is 5.75 Å². The highest BCUT2D eigenvalue weighted by Gasteiger charge is 2.24. The Bertz CT molecular complexity index is 1230. The molecule has 1 aromatic carbocycles. The summed E-state index contributed by atoms with van der Waals surface area (Å²) in [5.41, 5.74) is 2.53. The number of carbonyl (C=O) groups is 1. The maximum absolute atomic E-state index is 12.4. The van der Waals surface area contributed by atoms with Gasteiger partial charge in [0.2, 0.25) is 0 Å². The predicted octanol–water partition coefficient (Wildman–Crippen LogP) is 3.63. The Kier molecular flexibility index (Phi) is 5.67. The number of rotatable bonds is 4. The zero-order valence-corrected chi connectivity index (χ0v) is 18.8. The number of hydrogen-bond acceptors (Lipinski definition) is 7. The second-order valence-corrected chi connectivity index (χ2v) is 9.09. The number of thioether (sulfide) groups is 1. The normalized spacial score (nSPS) is 20.4. The van der Waals surface area contributed by atoms with Crippen molar-refractivity contribution in [3.05, 3.63) is 53.0 Å². The minimum absolute atomic E-state index is 0.205. The highest BCUT2D eigenvalue weighted by molar-refractivity contribution is 8.18. The van der Waals surface area contributed by atoms with Crippen molar-refractivity contribution in [2.45, 2.75) is 25.9 Å². The first kappa shape index (κ1) is 20.7. The molecule has 2 aliphatic rings. The van der Waals surface area contributed by atoms with Gasteiger partial charge in [-0.2, -0.15) is 0 Å². The molecule has 0 aliphatic carbocycles. The predicted molar refractivity (Wildman–Crippen MR) is 127 cm³/mol. The van der Waals surface area contributed by atoms with Crippen molar-refractivity contribution < 1.29 is 9.53 Å². The Balaban J connectivity index is 1.29. The molecule has 2 saturated heterocycles. The topological polar surface area (TPSA) is 95.5 Å². The lowest BCUT2D eigenvalue weighted by Crippen LogP contribution is -2.35. The van der Waals surface area contributed by atoms with Crippen molar-refractivity contribution in [1.82, 2.24) is 25.2 Å². The Morgan fingerprint density at radius 3 is 2.94 bits per heavy atom. The summed E-state index contributed by atoms with van der Waals surface area (Å²) in [7, 11) is 2.14. The fourth-order valence-corrected chi connectivity index (χ4v) is 4.56. The molecule has 0 radical (unpaired) electrons. The average molecular weight is 449 g/mol. The highest BCUT2D eigenvalue weighted by Crippen LogP contribution is 2.31. The first-order chi connectivity index (χ1) is 15.5. The largest absolute Gasteiger partial charge is 0.490 e. The van der Waals surface area contributed by atoms with Gasteiger partial charge in [0, 0.05) is 36.9 Å². The fraction of sp³-hybridized carbons (Fsp3) is 0.304. The number of nitrogens with one attached hydrogen (secondary N) is 2. The average Bonchev–Trinajstić information content (AvgIpc) is 3.38. The van der Waals surface area contributed by atoms with E-state index in [1.165, 1.54) is 11.8 Å². The second kappa shape index (κ2) is 8.76. The zero-order valence-electron chi connectivity index (χ0n) is 18.0. The summed E-state index contributed by atoms with van der Waals surface area (Å²) in [5, 5.41) is 4.29. The molecular weight excluding hydrogens is 424 g/mol. The molecular formula is C23H24N6O2S. The van der Waals surface area contributed by atoms with Crippen LogP contribution in [0.2, 0.25) is 0 Å². The van der Waals surface area contributed by atoms with Crippen LogP contribution in [0.15, 0.2) is 46.6 Å². The van der Waals surface area contributed by atoms with Crippen LogP contribution in [0.3, 0.4) is 0 Å². The smallest absolute Gasteiger partial charge is 0.264 e. The molecule has 2 aliphatic heterocycles. The molecule has 3 aromatic rings. The Labute approximate surface area is 190 Å². The number of aromatic amines is 1. The molecule has 5 rings (SSSR count). The molecule has 2 N–H and O–H groups in total. The number of piperidine rings is 1. The van der Waals surface area contributed by atoms with Crippen LogP contribution >= 0.6 is 11.8 Å². The quantitative estimate of drug-likeness (QED) is 0.592. The Morgan fingerprint density at radius 1 is 1.28 bits per heavy atom. The van der Waals surface area contributed by atoms with Crippen molar-refractivity contribution in [1.29, 1.82) is 0 Å². The SMILES string of the molecule is Cc1cc(OC2CCN(C)CC2)ccc1/N=C1/NC(=O)/C(=C/c2ncc3cc[nH]c3n2)S1. The molecule has 0 atom stereocenters. The first-order valence-electron chi connectivity index (χ1n) is 10.6. The molecule has 8 nitrogen and oxygen atoms in total. The van der Waals surface area contributed by atoms with E-state index >= 15 is 0 Å². The molecule has 0 saturated carbocycles. The van der Waals surface area contributed by atoms with Gasteiger partial charge in [0.1, 0.15) is 17.5 Å². The summed E-state index contributed by atoms with van der Waals surface area (Å²) in [4.78, 5) is 31.7. The molecule has 164 valence electrons. The van der Waals surface area contributed by atoms with E-state index in [1.807, 2.05) is 37.4 Å². The van der Waals surface area contributed by atoms with Gasteiger partial charge < -0.3 is 19.9 Å². The summed E-state index contributed by atoms with van der Waals surface area (Å²) in [6.07, 6.45) is 7.55. The highest BCUT2D eigenvalue weighted by atomic mass is 32.2. The van der Waals surface area contributed by atoms with E-state index < -0.39 is 0 Å². The number of aromatic nitrogens is 3. The van der Waals surface area contributed by atoms with Gasteiger partial charge >= 0.3 is 0 Å². The third kappa shape index (κ3) is 4.53. The third-order valence-corrected chi connectivity index (χ3v) is 6.50. The number of H-pyrrole nitrogens is 1. The molecule has 9 heteroatoms. The number of amidine groups is 1. The van der Waals surface area contributed by atoms with E-state index in [-0.39, 0.29) is 12.0 Å². The number of hydrogen-bond donors (Lipinski definition) is 2. The van der Waals surface area contributed by atoms with Crippen LogP contribution in [0.1, 0.15) is 24.2 Å². The molecule has 1 amide bonds. The van der Waals surface area contributed by atoms with Gasteiger partial charge in [-0.25, -0.2) is 15.0 Å². The zero-order chi connectivity index (χ0) is 22.1. The molecule has 0 spiro atoms. The third-order valence-electron chi connectivity index (χ3n) is 5.59. The monoisotopic (exact) mass is 448 g/mol. The standard InChI is InChI=1S/C23H24N6O2S/c1-14-11-17(31-16-6-9-29(2)10-7-16)3-4-18(14)26-23-28-22(30)19(32-23)12-20-25-13-15-5-8-24-21(15)27-20/h3-5,8,11-13,16H,6-7,9-10H2,1-2H3,(H,24,25,27)(H,26,28,30)/b19-12-. The van der Waals surface area contributed by atoms with Crippen molar-refractivity contribution in [2.24, 2.45) is 4.99 Å². The molecule has 32 heavy (non-hydrogen) atoms. The minimum atomic E-state index is -0.205. The van der Waals surface area contributed by atoms with E-state index in [9.17, 15) is 4.79 Å². The van der Waals surface area contributed by atoms with Crippen LogP contribution in [-0.4, -0.2) is 57.2 Å². The van der Waals surface area contributed by atoms with Gasteiger partial charge in [-0.3, -0.25) is 4.79 Å². The van der Waals surface area contributed by atoms with E-state index in [2.05, 4.69) is 37.2 Å². The number of fused-ring (bicyclic) bond motifs is 1. The molecule has 0 bridgehead atoms. The van der Waals surface area contributed by atoms with Crippen molar-refractivity contribution in [2.75, 3.05) is 20.1 Å². The molecule has 4 heterocycles. The van der Waals surface area contributed by atoms with Crippen molar-refractivity contribution >= 4 is 45.6 Å². The fourth-order valence-electron chi connectivity index (χ4n) is 3.75. The number of likely N-dealkylation sites (tertiary alicyclic amines) is 1.